The number of nitrogens with zero attached hydrogens (tertiary/aromatic N) is 4. The van der Waals surface area contributed by atoms with Crippen LogP contribution in [0.3, 0.4) is 0 Å². The summed E-state index contributed by atoms with van der Waals surface area (Å²) in [7, 11) is 0. The van der Waals surface area contributed by atoms with E-state index < -0.39 is 0 Å². The maximum atomic E-state index is 13.6. The van der Waals surface area contributed by atoms with Crippen LogP contribution < -0.4 is 10.6 Å². The highest BCUT2D eigenvalue weighted by molar-refractivity contribution is 5.49. The molecule has 0 radical (unpaired) electrons. The second kappa shape index (κ2) is 4.97. The predicted octanol–water partition coefficient (Wildman–Crippen LogP) is 0.939. The van der Waals surface area contributed by atoms with Gasteiger partial charge in [-0.25, -0.2) is 4.39 Å². The number of nitrogens with two attached hydrogens (primary N) is 1. The van der Waals surface area contributed by atoms with Gasteiger partial charge >= 0.3 is 0 Å². The van der Waals surface area contributed by atoms with E-state index in [0.717, 1.165) is 30.2 Å². The van der Waals surface area contributed by atoms with Crippen molar-refractivity contribution in [1.29, 1.82) is 0 Å². The molecule has 6 heteroatoms. The van der Waals surface area contributed by atoms with Gasteiger partial charge in [-0.2, -0.15) is 0 Å². The van der Waals surface area contributed by atoms with Crippen LogP contribution in [0.2, 0.25) is 0 Å². The fraction of sp³-hybridized carbons (Fsp3) is 0.385. The molecule has 3 rings (SSSR count). The van der Waals surface area contributed by atoms with Crippen molar-refractivity contribution >= 4 is 5.69 Å². The van der Waals surface area contributed by atoms with Crippen LogP contribution in [0.5, 0.6) is 0 Å². The highest BCUT2D eigenvalue weighted by Crippen LogP contribution is 2.22. The minimum Gasteiger partial charge on any atom is -0.362 e. The molecule has 0 bridgehead atoms. The quantitative estimate of drug-likeness (QED) is 0.893. The first-order valence-corrected chi connectivity index (χ1v) is 6.37. The molecule has 0 aliphatic carbocycles. The summed E-state index contributed by atoms with van der Waals surface area (Å²) in [5.41, 5.74) is 7.35. The number of halogens is 1. The summed E-state index contributed by atoms with van der Waals surface area (Å²) >= 11 is 0. The van der Waals surface area contributed by atoms with Crippen LogP contribution in [-0.4, -0.2) is 27.9 Å². The van der Waals surface area contributed by atoms with E-state index in [4.69, 9.17) is 5.73 Å². The van der Waals surface area contributed by atoms with Gasteiger partial charge < -0.3 is 15.2 Å². The molecule has 0 saturated heterocycles. The summed E-state index contributed by atoms with van der Waals surface area (Å²) in [6, 6.07) is 5.11. The minimum absolute atomic E-state index is 0.215. The average Bonchev–Trinajstić information content (AvgIpc) is 2.85. The molecule has 0 saturated carbocycles. The van der Waals surface area contributed by atoms with Gasteiger partial charge in [-0.3, -0.25) is 0 Å². The molecule has 0 amide bonds. The Kier molecular flexibility index (Phi) is 3.16. The van der Waals surface area contributed by atoms with Gasteiger partial charge in [0.05, 0.1) is 6.54 Å². The zero-order valence-electron chi connectivity index (χ0n) is 10.6. The summed E-state index contributed by atoms with van der Waals surface area (Å²) in [5.74, 6) is 0.698. The van der Waals surface area contributed by atoms with Crippen molar-refractivity contribution in [2.75, 3.05) is 18.0 Å². The first kappa shape index (κ1) is 12.1. The zero-order valence-corrected chi connectivity index (χ0v) is 10.6. The summed E-state index contributed by atoms with van der Waals surface area (Å²) in [6.45, 7) is 2.84. The van der Waals surface area contributed by atoms with Crippen LogP contribution in [0.4, 0.5) is 10.1 Å². The number of aromatic nitrogens is 3. The molecule has 0 unspecified atom stereocenters. The van der Waals surface area contributed by atoms with Gasteiger partial charge in [0.15, 0.2) is 5.82 Å². The lowest BCUT2D eigenvalue weighted by Gasteiger charge is -2.29. The number of hydrogen-bond acceptors (Lipinski definition) is 4. The summed E-state index contributed by atoms with van der Waals surface area (Å²) < 4.78 is 15.7. The molecule has 1 aliphatic rings. The molecule has 1 aromatic heterocycles. The highest BCUT2D eigenvalue weighted by Gasteiger charge is 2.18. The van der Waals surface area contributed by atoms with Crippen LogP contribution >= 0.6 is 0 Å². The number of rotatable bonds is 3. The van der Waals surface area contributed by atoms with Gasteiger partial charge in [0, 0.05) is 18.8 Å². The zero-order chi connectivity index (χ0) is 13.2. The molecule has 1 aromatic carbocycles. The SMILES string of the molecule is NCCc1cc(F)cc(N2CCn3cnnc3C2)c1. The summed E-state index contributed by atoms with van der Waals surface area (Å²) in [4.78, 5) is 2.12. The Labute approximate surface area is 110 Å². The Morgan fingerprint density at radius 2 is 2.16 bits per heavy atom. The van der Waals surface area contributed by atoms with Crippen LogP contribution in [0, 0.1) is 5.82 Å². The molecule has 5 nitrogen and oxygen atoms in total. The molecular weight excluding hydrogens is 245 g/mol. The van der Waals surface area contributed by atoms with Crippen molar-refractivity contribution in [3.8, 4) is 0 Å². The van der Waals surface area contributed by atoms with Gasteiger partial charge in [-0.15, -0.1) is 10.2 Å². The topological polar surface area (TPSA) is 60.0 Å². The summed E-state index contributed by atoms with van der Waals surface area (Å²) in [5, 5.41) is 7.96. The number of hydrogen-bond donors (Lipinski definition) is 1. The van der Waals surface area contributed by atoms with Crippen molar-refractivity contribution in [2.24, 2.45) is 5.73 Å². The molecule has 2 aromatic rings. The van der Waals surface area contributed by atoms with Gasteiger partial charge in [-0.1, -0.05) is 0 Å². The van der Waals surface area contributed by atoms with E-state index in [0.29, 0.717) is 19.5 Å². The number of anilines is 1. The largest absolute Gasteiger partial charge is 0.362 e. The molecule has 0 spiro atoms. The van der Waals surface area contributed by atoms with E-state index in [-0.39, 0.29) is 5.82 Å². The standard InChI is InChI=1S/C13H16FN5/c14-11-5-10(1-2-15)6-12(7-11)18-3-4-19-9-16-17-13(19)8-18/h5-7,9H,1-4,8,15H2. The third-order valence-corrected chi connectivity index (χ3v) is 3.38. The van der Waals surface area contributed by atoms with E-state index in [1.54, 1.807) is 18.5 Å². The highest BCUT2D eigenvalue weighted by atomic mass is 19.1. The van der Waals surface area contributed by atoms with Gasteiger partial charge in [-0.05, 0) is 36.7 Å². The summed E-state index contributed by atoms with van der Waals surface area (Å²) in [6.07, 6.45) is 2.42. The first-order valence-electron chi connectivity index (χ1n) is 6.37. The maximum absolute atomic E-state index is 13.6. The van der Waals surface area contributed by atoms with E-state index in [1.165, 1.54) is 0 Å². The lowest BCUT2D eigenvalue weighted by molar-refractivity contribution is 0.557. The van der Waals surface area contributed by atoms with Crippen molar-refractivity contribution in [3.05, 3.63) is 41.7 Å². The molecule has 2 N–H and O–H groups in total. The number of benzene rings is 1. The average molecular weight is 261 g/mol. The Morgan fingerprint density at radius 1 is 1.26 bits per heavy atom. The molecule has 0 atom stereocenters. The molecule has 19 heavy (non-hydrogen) atoms. The van der Waals surface area contributed by atoms with Crippen LogP contribution in [0.15, 0.2) is 24.5 Å². The van der Waals surface area contributed by atoms with Crippen molar-refractivity contribution < 1.29 is 4.39 Å². The van der Waals surface area contributed by atoms with E-state index in [9.17, 15) is 4.39 Å². The predicted molar refractivity (Wildman–Crippen MR) is 70.2 cm³/mol. The van der Waals surface area contributed by atoms with Gasteiger partial charge in [0.25, 0.3) is 0 Å². The molecular formula is C13H16FN5. The van der Waals surface area contributed by atoms with E-state index in [1.807, 2.05) is 10.6 Å². The molecule has 100 valence electrons. The Balaban J connectivity index is 1.87. The lowest BCUT2D eigenvalue weighted by atomic mass is 10.1. The van der Waals surface area contributed by atoms with E-state index >= 15 is 0 Å². The van der Waals surface area contributed by atoms with Crippen molar-refractivity contribution in [1.82, 2.24) is 14.8 Å². The minimum atomic E-state index is -0.215. The van der Waals surface area contributed by atoms with Crippen LogP contribution in [0.25, 0.3) is 0 Å². The van der Waals surface area contributed by atoms with Crippen LogP contribution in [0.1, 0.15) is 11.4 Å². The number of fused-ring (bicyclic) bond motifs is 1. The monoisotopic (exact) mass is 261 g/mol. The van der Waals surface area contributed by atoms with Gasteiger partial charge in [0.2, 0.25) is 0 Å². The van der Waals surface area contributed by atoms with Crippen molar-refractivity contribution in [2.45, 2.75) is 19.5 Å². The third kappa shape index (κ3) is 2.44. The normalized spacial score (nSPS) is 14.5. The molecule has 2 heterocycles. The molecule has 0 fully saturated rings. The lowest BCUT2D eigenvalue weighted by Crippen LogP contribution is -2.33. The second-order valence-corrected chi connectivity index (χ2v) is 4.72. The van der Waals surface area contributed by atoms with Crippen molar-refractivity contribution in [3.63, 3.8) is 0 Å². The van der Waals surface area contributed by atoms with Crippen LogP contribution in [-0.2, 0) is 19.5 Å². The smallest absolute Gasteiger partial charge is 0.152 e. The Bertz CT molecular complexity index is 580. The fourth-order valence-corrected chi connectivity index (χ4v) is 2.41. The maximum Gasteiger partial charge on any atom is 0.152 e. The third-order valence-electron chi connectivity index (χ3n) is 3.38. The Morgan fingerprint density at radius 3 is 3.00 bits per heavy atom. The van der Waals surface area contributed by atoms with E-state index in [2.05, 4.69) is 15.1 Å². The molecule has 1 aliphatic heterocycles. The Hall–Kier alpha value is -1.95. The second-order valence-electron chi connectivity index (χ2n) is 4.72. The van der Waals surface area contributed by atoms with Gasteiger partial charge in [0.1, 0.15) is 12.1 Å². The fourth-order valence-electron chi connectivity index (χ4n) is 2.41. The first-order chi connectivity index (χ1) is 9.26.